The first kappa shape index (κ1) is 16.0. The van der Waals surface area contributed by atoms with Crippen molar-refractivity contribution in [1.82, 2.24) is 9.55 Å². The zero-order chi connectivity index (χ0) is 15.6. The number of phosphoric ester groups is 1. The van der Waals surface area contributed by atoms with E-state index in [0.717, 1.165) is 4.57 Å². The number of phosphoric acid groups is 1. The quantitative estimate of drug-likeness (QED) is 0.360. The first-order valence-electron chi connectivity index (χ1n) is 5.79. The van der Waals surface area contributed by atoms with Crippen LogP contribution in [0.4, 0.5) is 0 Å². The van der Waals surface area contributed by atoms with Crippen LogP contribution < -0.4 is 16.4 Å². The highest BCUT2D eigenvalue weighted by atomic mass is 31.2. The Hall–Kier alpha value is -1.33. The topological polar surface area (TPSA) is 166 Å². The molecule has 11 nitrogen and oxygen atoms in total. The number of nitrogens with zero attached hydrogens (tertiary/aromatic N) is 2. The highest BCUT2D eigenvalue weighted by Gasteiger charge is 2.37. The Bertz CT molecular complexity index is 601. The van der Waals surface area contributed by atoms with Gasteiger partial charge in [0.1, 0.15) is 12.3 Å². The molecule has 0 spiro atoms. The van der Waals surface area contributed by atoms with Gasteiger partial charge in [0.2, 0.25) is 5.88 Å². The largest absolute Gasteiger partial charge is 0.469 e. The molecule has 1 fully saturated rings. The van der Waals surface area contributed by atoms with Crippen molar-refractivity contribution in [2.24, 2.45) is 5.90 Å². The van der Waals surface area contributed by atoms with Gasteiger partial charge in [-0.1, -0.05) is 0 Å². The molecule has 1 unspecified atom stereocenters. The molecule has 3 atom stereocenters. The van der Waals surface area contributed by atoms with Gasteiger partial charge in [0.25, 0.3) is 0 Å². The first-order valence-corrected chi connectivity index (χ1v) is 7.32. The number of hydrogen-bond acceptors (Lipinski definition) is 8. The minimum atomic E-state index is -4.66. The predicted molar refractivity (Wildman–Crippen MR) is 65.8 cm³/mol. The number of hydrogen-bond donors (Lipinski definition) is 4. The van der Waals surface area contributed by atoms with Crippen LogP contribution in [0, 0.1) is 0 Å². The standard InChI is InChI=1S/C9H14N3O8P/c10-20-7-1-2-12(9(14)11-7)8-3-5(13)6(19-8)4-18-21(15,16)17/h1-2,5-6,8,13H,3-4,10H2,(H2,15,16,17)/t5?,6-,8-/m1/s1. The molecule has 1 aromatic rings. The summed E-state index contributed by atoms with van der Waals surface area (Å²) in [6, 6.07) is 1.33. The maximum atomic E-state index is 11.7. The number of ether oxygens (including phenoxy) is 1. The van der Waals surface area contributed by atoms with Crippen LogP contribution in [-0.2, 0) is 13.8 Å². The number of nitrogens with two attached hydrogens (primary N) is 1. The smallest absolute Gasteiger partial charge is 0.391 e. The van der Waals surface area contributed by atoms with Crippen molar-refractivity contribution in [3.05, 3.63) is 22.7 Å². The maximum Gasteiger partial charge on any atom is 0.469 e. The van der Waals surface area contributed by atoms with E-state index >= 15 is 0 Å². The SMILES string of the molecule is NOc1ccn([C@H]2CC(O)[C@@H](COP(=O)(O)O)O2)c(=O)n1. The average Bonchev–Trinajstić information content (AvgIpc) is 2.76. The predicted octanol–water partition coefficient (Wildman–Crippen LogP) is -1.75. The lowest BCUT2D eigenvalue weighted by Crippen LogP contribution is -2.28. The van der Waals surface area contributed by atoms with Gasteiger partial charge < -0.3 is 24.5 Å². The van der Waals surface area contributed by atoms with E-state index in [-0.39, 0.29) is 12.3 Å². The summed E-state index contributed by atoms with van der Waals surface area (Å²) in [7, 11) is -4.66. The van der Waals surface area contributed by atoms with Crippen molar-refractivity contribution >= 4 is 7.82 Å². The number of aliphatic hydroxyl groups is 1. The van der Waals surface area contributed by atoms with E-state index in [2.05, 4.69) is 14.3 Å². The summed E-state index contributed by atoms with van der Waals surface area (Å²) in [6.07, 6.45) is -1.49. The zero-order valence-electron chi connectivity index (χ0n) is 10.6. The van der Waals surface area contributed by atoms with E-state index in [1.165, 1.54) is 12.3 Å². The fraction of sp³-hybridized carbons (Fsp3) is 0.556. The van der Waals surface area contributed by atoms with Gasteiger partial charge >= 0.3 is 13.5 Å². The van der Waals surface area contributed by atoms with Gasteiger partial charge in [-0.2, -0.15) is 10.9 Å². The van der Waals surface area contributed by atoms with Crippen molar-refractivity contribution in [2.45, 2.75) is 24.9 Å². The molecular weight excluding hydrogens is 309 g/mol. The molecule has 5 N–H and O–H groups in total. The molecule has 1 aliphatic rings. The summed E-state index contributed by atoms with van der Waals surface area (Å²) in [6.45, 7) is -0.506. The molecule has 1 saturated heterocycles. The molecule has 0 aliphatic carbocycles. The zero-order valence-corrected chi connectivity index (χ0v) is 11.5. The lowest BCUT2D eigenvalue weighted by atomic mass is 10.2. The van der Waals surface area contributed by atoms with Crippen LogP contribution in [0.5, 0.6) is 5.88 Å². The van der Waals surface area contributed by atoms with E-state index in [9.17, 15) is 14.5 Å². The Kier molecular flexibility index (Phi) is 4.74. The summed E-state index contributed by atoms with van der Waals surface area (Å²) >= 11 is 0. The highest BCUT2D eigenvalue weighted by Crippen LogP contribution is 2.38. The second-order valence-corrected chi connectivity index (χ2v) is 5.53. The number of rotatable bonds is 5. The normalized spacial score (nSPS) is 26.0. The average molecular weight is 323 g/mol. The van der Waals surface area contributed by atoms with Crippen LogP contribution in [0.3, 0.4) is 0 Å². The van der Waals surface area contributed by atoms with Gasteiger partial charge in [-0.3, -0.25) is 9.09 Å². The van der Waals surface area contributed by atoms with Gasteiger partial charge in [0.15, 0.2) is 0 Å². The highest BCUT2D eigenvalue weighted by molar-refractivity contribution is 7.46. The summed E-state index contributed by atoms with van der Waals surface area (Å²) < 4.78 is 21.3. The molecule has 12 heteroatoms. The first-order chi connectivity index (χ1) is 9.80. The molecule has 1 aromatic heterocycles. The molecule has 0 aromatic carbocycles. The summed E-state index contributed by atoms with van der Waals surface area (Å²) in [5, 5.41) is 9.77. The number of aromatic nitrogens is 2. The fourth-order valence-corrected chi connectivity index (χ4v) is 2.23. The number of aliphatic hydroxyl groups excluding tert-OH is 1. The van der Waals surface area contributed by atoms with Crippen molar-refractivity contribution in [2.75, 3.05) is 6.61 Å². The third-order valence-electron chi connectivity index (χ3n) is 2.85. The van der Waals surface area contributed by atoms with E-state index in [0.29, 0.717) is 0 Å². The Morgan fingerprint density at radius 3 is 2.86 bits per heavy atom. The van der Waals surface area contributed by atoms with Crippen LogP contribution in [0.2, 0.25) is 0 Å². The molecule has 0 bridgehead atoms. The molecule has 0 saturated carbocycles. The lowest BCUT2D eigenvalue weighted by Gasteiger charge is -2.16. The second kappa shape index (κ2) is 6.20. The van der Waals surface area contributed by atoms with Crippen LogP contribution in [0.1, 0.15) is 12.6 Å². The van der Waals surface area contributed by atoms with Gasteiger partial charge in [0, 0.05) is 18.7 Å². The van der Waals surface area contributed by atoms with E-state index in [1.807, 2.05) is 0 Å². The summed E-state index contributed by atoms with van der Waals surface area (Å²) in [4.78, 5) is 36.8. The van der Waals surface area contributed by atoms with Crippen molar-refractivity contribution < 1.29 is 33.6 Å². The molecule has 21 heavy (non-hydrogen) atoms. The molecule has 0 radical (unpaired) electrons. The third-order valence-corrected chi connectivity index (χ3v) is 3.33. The maximum absolute atomic E-state index is 11.7. The fourth-order valence-electron chi connectivity index (χ4n) is 1.89. The molecule has 2 heterocycles. The van der Waals surface area contributed by atoms with Crippen molar-refractivity contribution in [3.63, 3.8) is 0 Å². The molecule has 0 amide bonds. The molecular formula is C9H14N3O8P. The van der Waals surface area contributed by atoms with E-state index in [4.69, 9.17) is 20.4 Å². The minimum absolute atomic E-state index is 0.0413. The van der Waals surface area contributed by atoms with Crippen LogP contribution in [0.15, 0.2) is 17.1 Å². The third kappa shape index (κ3) is 4.08. The van der Waals surface area contributed by atoms with Crippen molar-refractivity contribution in [1.29, 1.82) is 0 Å². The summed E-state index contributed by atoms with van der Waals surface area (Å²) in [5.41, 5.74) is -0.702. The molecule has 1 aliphatic heterocycles. The van der Waals surface area contributed by atoms with Gasteiger partial charge in [-0.05, 0) is 0 Å². The Balaban J connectivity index is 2.07. The van der Waals surface area contributed by atoms with Crippen LogP contribution in [-0.4, -0.2) is 43.3 Å². The Labute approximate surface area is 118 Å². The van der Waals surface area contributed by atoms with Crippen LogP contribution >= 0.6 is 7.82 Å². The van der Waals surface area contributed by atoms with Gasteiger partial charge in [-0.15, -0.1) is 0 Å². The summed E-state index contributed by atoms with van der Waals surface area (Å²) in [5.74, 6) is 4.80. The Morgan fingerprint density at radius 2 is 2.29 bits per heavy atom. The lowest BCUT2D eigenvalue weighted by molar-refractivity contribution is -0.0451. The van der Waals surface area contributed by atoms with Gasteiger partial charge in [0.05, 0.1) is 12.7 Å². The van der Waals surface area contributed by atoms with Crippen LogP contribution in [0.25, 0.3) is 0 Å². The van der Waals surface area contributed by atoms with E-state index < -0.39 is 38.6 Å². The molecule has 2 rings (SSSR count). The molecule has 118 valence electrons. The minimum Gasteiger partial charge on any atom is -0.391 e. The van der Waals surface area contributed by atoms with Gasteiger partial charge in [-0.25, -0.2) is 9.36 Å². The van der Waals surface area contributed by atoms with Crippen molar-refractivity contribution in [3.8, 4) is 5.88 Å². The second-order valence-electron chi connectivity index (χ2n) is 4.29. The van der Waals surface area contributed by atoms with E-state index in [1.54, 1.807) is 0 Å². The Morgan fingerprint density at radius 1 is 1.57 bits per heavy atom. The monoisotopic (exact) mass is 323 g/mol.